The number of aliphatic carboxylic acids is 1. The van der Waals surface area contributed by atoms with Crippen molar-refractivity contribution in [2.24, 2.45) is 5.73 Å². The maximum absolute atomic E-state index is 14.5. The first kappa shape index (κ1) is 33.0. The Morgan fingerprint density at radius 1 is 1.12 bits per heavy atom. The number of alkyl halides is 3. The molecule has 3 aromatic rings. The van der Waals surface area contributed by atoms with Crippen LogP contribution < -0.4 is 11.1 Å². The molecule has 4 rings (SSSR count). The van der Waals surface area contributed by atoms with Gasteiger partial charge in [-0.15, -0.1) is 0 Å². The minimum absolute atomic E-state index is 0.0956. The lowest BCUT2D eigenvalue weighted by Crippen LogP contribution is -2.38. The van der Waals surface area contributed by atoms with Gasteiger partial charge in [-0.1, -0.05) is 13.8 Å². The van der Waals surface area contributed by atoms with Crippen molar-refractivity contribution in [2.45, 2.75) is 58.3 Å². The third kappa shape index (κ3) is 8.07. The van der Waals surface area contributed by atoms with E-state index < -0.39 is 28.1 Å². The summed E-state index contributed by atoms with van der Waals surface area (Å²) < 4.78 is 72.3. The molecular formula is C28H34F4N4O5S. The highest BCUT2D eigenvalue weighted by Crippen LogP contribution is 2.37. The number of nitrogens with one attached hydrogen (secondary N) is 2. The monoisotopic (exact) mass is 614 g/mol. The van der Waals surface area contributed by atoms with Crippen molar-refractivity contribution < 1.29 is 40.7 Å². The minimum Gasteiger partial charge on any atom is -0.475 e. The number of carboxylic acid groups (broad SMARTS) is 1. The zero-order valence-electron chi connectivity index (χ0n) is 23.4. The fourth-order valence-corrected chi connectivity index (χ4v) is 5.95. The number of rotatable bonds is 8. The molecule has 5 N–H and O–H groups in total. The Hall–Kier alpha value is -3.49. The third-order valence-electron chi connectivity index (χ3n) is 6.99. The Kier molecular flexibility index (Phi) is 10.4. The molecule has 0 radical (unpaired) electrons. The van der Waals surface area contributed by atoms with Crippen molar-refractivity contribution in [3.8, 4) is 11.1 Å². The van der Waals surface area contributed by atoms with E-state index in [9.17, 15) is 30.8 Å². The average molecular weight is 615 g/mol. The van der Waals surface area contributed by atoms with E-state index in [0.29, 0.717) is 54.7 Å². The summed E-state index contributed by atoms with van der Waals surface area (Å²) in [4.78, 5) is 24.4. The predicted octanol–water partition coefficient (Wildman–Crippen LogP) is 4.73. The van der Waals surface area contributed by atoms with E-state index in [1.807, 2.05) is 32.2 Å². The molecule has 1 saturated heterocycles. The van der Waals surface area contributed by atoms with Gasteiger partial charge >= 0.3 is 12.1 Å². The highest BCUT2D eigenvalue weighted by molar-refractivity contribution is 7.89. The van der Waals surface area contributed by atoms with Crippen molar-refractivity contribution >= 4 is 32.8 Å². The number of fused-ring (bicyclic) bond motifs is 1. The highest BCUT2D eigenvalue weighted by atomic mass is 32.2. The number of hydrogen-bond acceptors (Lipinski definition) is 5. The lowest BCUT2D eigenvalue weighted by Gasteiger charge is -2.31. The second-order valence-corrected chi connectivity index (χ2v) is 12.6. The predicted molar refractivity (Wildman–Crippen MR) is 151 cm³/mol. The number of H-pyrrole nitrogens is 1. The molecule has 1 fully saturated rings. The van der Waals surface area contributed by atoms with Crippen LogP contribution in [0.2, 0.25) is 0 Å². The van der Waals surface area contributed by atoms with E-state index in [-0.39, 0.29) is 23.5 Å². The van der Waals surface area contributed by atoms with Crippen LogP contribution in [0.3, 0.4) is 0 Å². The number of nitrogens with two attached hydrogens (primary N) is 1. The molecule has 1 aliphatic heterocycles. The Morgan fingerprint density at radius 2 is 1.71 bits per heavy atom. The summed E-state index contributed by atoms with van der Waals surface area (Å²) in [6, 6.07) is 8.83. The lowest BCUT2D eigenvalue weighted by molar-refractivity contribution is -0.192. The molecule has 0 spiro atoms. The van der Waals surface area contributed by atoms with Crippen molar-refractivity contribution in [1.82, 2.24) is 14.6 Å². The van der Waals surface area contributed by atoms with Crippen LogP contribution in [0.5, 0.6) is 0 Å². The minimum atomic E-state index is -5.08. The van der Waals surface area contributed by atoms with E-state index in [1.54, 1.807) is 17.3 Å². The Morgan fingerprint density at radius 3 is 2.24 bits per heavy atom. The molecule has 14 heteroatoms. The van der Waals surface area contributed by atoms with E-state index in [4.69, 9.17) is 15.6 Å². The Bertz CT molecular complexity index is 1550. The number of aromatic amines is 1. The number of hydrogen-bond donors (Lipinski definition) is 4. The molecule has 42 heavy (non-hydrogen) atoms. The summed E-state index contributed by atoms with van der Waals surface area (Å²) in [7, 11) is -3.21. The first-order valence-electron chi connectivity index (χ1n) is 13.3. The van der Waals surface area contributed by atoms with E-state index in [1.165, 1.54) is 12.1 Å². The summed E-state index contributed by atoms with van der Waals surface area (Å²) in [5.74, 6) is -3.43. The van der Waals surface area contributed by atoms with Crippen molar-refractivity contribution in [1.29, 1.82) is 0 Å². The number of carbonyl (C=O) groups excluding carboxylic acids is 1. The zero-order valence-corrected chi connectivity index (χ0v) is 24.2. The molecule has 9 nitrogen and oxygen atoms in total. The van der Waals surface area contributed by atoms with Crippen molar-refractivity contribution in [2.75, 3.05) is 18.8 Å². The molecule has 0 unspecified atom stereocenters. The van der Waals surface area contributed by atoms with Crippen LogP contribution >= 0.6 is 0 Å². The van der Waals surface area contributed by atoms with Crippen molar-refractivity contribution in [3.05, 3.63) is 59.0 Å². The fraction of sp³-hybridized carbons (Fsp3) is 0.429. The van der Waals surface area contributed by atoms with Gasteiger partial charge in [0.1, 0.15) is 5.82 Å². The zero-order chi connectivity index (χ0) is 31.4. The smallest absolute Gasteiger partial charge is 0.475 e. The van der Waals surface area contributed by atoms with Crippen LogP contribution in [-0.2, 0) is 21.4 Å². The van der Waals surface area contributed by atoms with Gasteiger partial charge in [0.25, 0.3) is 5.91 Å². The molecular weight excluding hydrogens is 580 g/mol. The van der Waals surface area contributed by atoms with Gasteiger partial charge in [-0.25, -0.2) is 21.9 Å². The topological polar surface area (TPSA) is 146 Å². The largest absolute Gasteiger partial charge is 0.490 e. The van der Waals surface area contributed by atoms with Crippen LogP contribution in [-0.4, -0.2) is 65.8 Å². The molecule has 2 heterocycles. The number of benzene rings is 2. The molecule has 0 aliphatic carbocycles. The number of halogens is 4. The summed E-state index contributed by atoms with van der Waals surface area (Å²) in [6.45, 7) is 7.18. The van der Waals surface area contributed by atoms with E-state index in [2.05, 4.69) is 10.3 Å². The van der Waals surface area contributed by atoms with Gasteiger partial charge in [0.2, 0.25) is 10.0 Å². The van der Waals surface area contributed by atoms with E-state index in [0.717, 1.165) is 16.5 Å². The summed E-state index contributed by atoms with van der Waals surface area (Å²) >= 11 is 0. The molecule has 2 aromatic carbocycles. The van der Waals surface area contributed by atoms with Gasteiger partial charge in [0.05, 0.1) is 16.8 Å². The second-order valence-electron chi connectivity index (χ2n) is 10.3. The number of aromatic nitrogens is 1. The van der Waals surface area contributed by atoms with Gasteiger partial charge < -0.3 is 21.1 Å². The number of carbonyl (C=O) groups is 2. The molecule has 0 saturated carbocycles. The number of sulfonamides is 1. The summed E-state index contributed by atoms with van der Waals surface area (Å²) in [5, 5.41) is 11.3. The molecule has 1 amide bonds. The fourth-order valence-electron chi connectivity index (χ4n) is 4.82. The van der Waals surface area contributed by atoms with Gasteiger partial charge in [-0.2, -0.15) is 13.2 Å². The first-order chi connectivity index (χ1) is 19.5. The maximum Gasteiger partial charge on any atom is 0.490 e. The van der Waals surface area contributed by atoms with Crippen LogP contribution in [0, 0.1) is 5.82 Å². The number of primary amides is 1. The van der Waals surface area contributed by atoms with Gasteiger partial charge in [-0.3, -0.25) is 4.79 Å². The van der Waals surface area contributed by atoms with Crippen LogP contribution in [0.4, 0.5) is 17.6 Å². The first-order valence-corrected chi connectivity index (χ1v) is 14.9. The summed E-state index contributed by atoms with van der Waals surface area (Å²) in [6.07, 6.45) is -1.82. The van der Waals surface area contributed by atoms with E-state index >= 15 is 0 Å². The van der Waals surface area contributed by atoms with Crippen molar-refractivity contribution in [3.63, 3.8) is 0 Å². The molecule has 0 bridgehead atoms. The number of piperidine rings is 1. The second kappa shape index (κ2) is 13.2. The quantitative estimate of drug-likeness (QED) is 0.270. The SMILES string of the molecule is CCS(=O)(=O)N1CCC(c2c[nH]c3c(C(N)=O)cc(-c4cc(F)cc(CNC(C)C)c4)cc23)CC1.O=C(O)C(F)(F)F. The molecule has 230 valence electrons. The highest BCUT2D eigenvalue weighted by Gasteiger charge is 2.38. The van der Waals surface area contributed by atoms with Gasteiger partial charge in [0, 0.05) is 37.3 Å². The van der Waals surface area contributed by atoms with Gasteiger partial charge in [0.15, 0.2) is 0 Å². The standard InChI is InChI=1S/C26H33FN4O3S.C2HF3O2/c1-4-35(33,34)31-7-5-18(6-8-31)24-15-30-25-22(24)12-20(13-23(25)26(28)32)19-9-17(10-21(27)11-19)14-29-16(2)3;3-2(4,5)1(6)7/h9-13,15-16,18,29-30H,4-8,14H2,1-3H3,(H2,28,32);(H,6,7). The molecule has 0 atom stereocenters. The maximum atomic E-state index is 14.5. The van der Waals surface area contributed by atoms with Gasteiger partial charge in [-0.05, 0) is 78.3 Å². The summed E-state index contributed by atoms with van der Waals surface area (Å²) in [5.41, 5.74) is 9.94. The Balaban J connectivity index is 0.000000616. The Labute approximate surface area is 241 Å². The molecule has 1 aromatic heterocycles. The number of carboxylic acids is 1. The average Bonchev–Trinajstić information content (AvgIpc) is 3.35. The normalized spacial score (nSPS) is 15.0. The lowest BCUT2D eigenvalue weighted by atomic mass is 9.88. The van der Waals surface area contributed by atoms with Crippen LogP contribution in [0.15, 0.2) is 36.5 Å². The number of nitrogens with zero attached hydrogens (tertiary/aromatic N) is 1. The molecule has 1 aliphatic rings. The van der Waals surface area contributed by atoms with Crippen LogP contribution in [0.1, 0.15) is 61.0 Å². The third-order valence-corrected chi connectivity index (χ3v) is 8.87. The number of amides is 1. The van der Waals surface area contributed by atoms with Crippen LogP contribution in [0.25, 0.3) is 22.0 Å².